The minimum absolute atomic E-state index is 0.0115. The molecule has 0 fully saturated rings. The van der Waals surface area contributed by atoms with Gasteiger partial charge in [0.1, 0.15) is 18.0 Å². The Balaban J connectivity index is 1.73. The van der Waals surface area contributed by atoms with Gasteiger partial charge in [-0.1, -0.05) is 32.9 Å². The molecule has 2 amide bonds. The molecule has 2 aromatic rings. The van der Waals surface area contributed by atoms with Crippen LogP contribution < -0.4 is 19.7 Å². The summed E-state index contributed by atoms with van der Waals surface area (Å²) in [7, 11) is 0. The van der Waals surface area contributed by atoms with Crippen molar-refractivity contribution in [3.05, 3.63) is 53.6 Å². The molecule has 170 valence electrons. The van der Waals surface area contributed by atoms with Gasteiger partial charge in [-0.25, -0.2) is 0 Å². The Hall–Kier alpha value is -3.35. The molecule has 0 radical (unpaired) electrons. The van der Waals surface area contributed by atoms with Crippen molar-refractivity contribution >= 4 is 23.3 Å². The molecule has 32 heavy (non-hydrogen) atoms. The van der Waals surface area contributed by atoms with Crippen LogP contribution in [0.2, 0.25) is 0 Å². The minimum atomic E-state index is -0.330. The first-order valence-electron chi connectivity index (χ1n) is 10.9. The first kappa shape index (κ1) is 23.3. The van der Waals surface area contributed by atoms with Crippen molar-refractivity contribution in [1.29, 1.82) is 0 Å². The smallest absolute Gasteiger partial charge is 0.265 e. The summed E-state index contributed by atoms with van der Waals surface area (Å²) < 4.78 is 11.2. The van der Waals surface area contributed by atoms with E-state index in [1.165, 1.54) is 4.90 Å². The molecular formula is C25H30N2O5. The molecule has 0 saturated heterocycles. The second-order valence-corrected chi connectivity index (χ2v) is 8.27. The highest BCUT2D eigenvalue weighted by Gasteiger charge is 2.28. The van der Waals surface area contributed by atoms with E-state index in [9.17, 15) is 14.4 Å². The van der Waals surface area contributed by atoms with Crippen LogP contribution in [0.4, 0.5) is 5.69 Å². The van der Waals surface area contributed by atoms with Crippen molar-refractivity contribution in [3.63, 3.8) is 0 Å². The van der Waals surface area contributed by atoms with Crippen molar-refractivity contribution in [3.8, 4) is 11.5 Å². The number of nitrogens with zero attached hydrogens (tertiary/aromatic N) is 1. The largest absolute Gasteiger partial charge is 0.485 e. The van der Waals surface area contributed by atoms with Crippen LogP contribution >= 0.6 is 0 Å². The lowest BCUT2D eigenvalue weighted by Crippen LogP contribution is -2.46. The van der Waals surface area contributed by atoms with E-state index in [2.05, 4.69) is 19.2 Å². The number of anilines is 1. The minimum Gasteiger partial charge on any atom is -0.485 e. The van der Waals surface area contributed by atoms with Crippen LogP contribution in [0, 0.1) is 0 Å². The van der Waals surface area contributed by atoms with E-state index in [1.54, 1.807) is 18.2 Å². The molecule has 0 aromatic heterocycles. The van der Waals surface area contributed by atoms with Crippen LogP contribution in [0.1, 0.15) is 56.0 Å². The summed E-state index contributed by atoms with van der Waals surface area (Å²) in [5.41, 5.74) is 1.92. The van der Waals surface area contributed by atoms with E-state index in [1.807, 2.05) is 38.1 Å². The summed E-state index contributed by atoms with van der Waals surface area (Å²) in [5.74, 6) is 0.627. The van der Waals surface area contributed by atoms with E-state index in [0.29, 0.717) is 28.7 Å². The number of ketones is 1. The van der Waals surface area contributed by atoms with Crippen LogP contribution in [0.15, 0.2) is 42.5 Å². The lowest BCUT2D eigenvalue weighted by molar-refractivity contribution is -0.125. The van der Waals surface area contributed by atoms with Gasteiger partial charge in [0.25, 0.3) is 5.91 Å². The Morgan fingerprint density at radius 1 is 1.16 bits per heavy atom. The van der Waals surface area contributed by atoms with Crippen LogP contribution in [-0.2, 0) is 9.59 Å². The van der Waals surface area contributed by atoms with Gasteiger partial charge in [0, 0.05) is 11.6 Å². The predicted molar refractivity (Wildman–Crippen MR) is 123 cm³/mol. The molecule has 0 unspecified atom stereocenters. The van der Waals surface area contributed by atoms with Crippen LogP contribution in [0.5, 0.6) is 11.5 Å². The average molecular weight is 439 g/mol. The molecule has 1 atom stereocenters. The first-order chi connectivity index (χ1) is 15.3. The van der Waals surface area contributed by atoms with Gasteiger partial charge < -0.3 is 14.8 Å². The van der Waals surface area contributed by atoms with Gasteiger partial charge in [-0.2, -0.15) is 0 Å². The summed E-state index contributed by atoms with van der Waals surface area (Å²) >= 11 is 0. The first-order valence-corrected chi connectivity index (χ1v) is 10.9. The van der Waals surface area contributed by atoms with Crippen molar-refractivity contribution < 1.29 is 23.9 Å². The standard InChI is InChI=1S/C25H30N2O5/c1-5-17(4)26-24(29)13-27-21-12-19(9-10-23(21)32-15-25(27)30)22(28)14-31-20-8-6-7-18(11-20)16(2)3/h6-12,16-17H,5,13-15H2,1-4H3,(H,26,29)/t17-/m1/s1. The number of Topliss-reactive ketones (excluding diaryl/α,β-unsaturated/α-hetero) is 1. The van der Waals surface area contributed by atoms with Crippen LogP contribution in [-0.4, -0.2) is 43.4 Å². The Morgan fingerprint density at radius 3 is 2.66 bits per heavy atom. The van der Waals surface area contributed by atoms with E-state index in [-0.39, 0.29) is 43.4 Å². The summed E-state index contributed by atoms with van der Waals surface area (Å²) in [6, 6.07) is 12.5. The fourth-order valence-corrected chi connectivity index (χ4v) is 3.31. The molecule has 0 saturated carbocycles. The van der Waals surface area contributed by atoms with Crippen LogP contribution in [0.3, 0.4) is 0 Å². The highest BCUT2D eigenvalue weighted by Crippen LogP contribution is 2.33. The molecule has 2 aromatic carbocycles. The monoisotopic (exact) mass is 438 g/mol. The van der Waals surface area contributed by atoms with Gasteiger partial charge in [0.15, 0.2) is 19.0 Å². The molecule has 1 aliphatic heterocycles. The Morgan fingerprint density at radius 2 is 1.94 bits per heavy atom. The number of carbonyl (C=O) groups is 3. The predicted octanol–water partition coefficient (Wildman–Crippen LogP) is 3.71. The second-order valence-electron chi connectivity index (χ2n) is 8.27. The summed E-state index contributed by atoms with van der Waals surface area (Å²) in [6.45, 7) is 7.65. The molecule has 1 aliphatic rings. The van der Waals surface area contributed by atoms with Crippen molar-refractivity contribution in [1.82, 2.24) is 5.32 Å². The van der Waals surface area contributed by atoms with E-state index < -0.39 is 0 Å². The molecule has 0 aliphatic carbocycles. The van der Waals surface area contributed by atoms with Gasteiger partial charge in [-0.05, 0) is 55.2 Å². The van der Waals surface area contributed by atoms with E-state index in [4.69, 9.17) is 9.47 Å². The molecule has 0 bridgehead atoms. The molecule has 7 heteroatoms. The lowest BCUT2D eigenvalue weighted by atomic mass is 10.0. The summed E-state index contributed by atoms with van der Waals surface area (Å²) in [5, 5.41) is 2.86. The van der Waals surface area contributed by atoms with Crippen molar-refractivity contribution in [2.45, 2.75) is 46.1 Å². The Kier molecular flexibility index (Phi) is 7.51. The molecular weight excluding hydrogens is 408 g/mol. The zero-order valence-corrected chi connectivity index (χ0v) is 19.0. The number of ether oxygens (including phenoxy) is 2. The number of rotatable bonds is 9. The third-order valence-corrected chi connectivity index (χ3v) is 5.44. The average Bonchev–Trinajstić information content (AvgIpc) is 2.79. The summed E-state index contributed by atoms with van der Waals surface area (Å²) in [4.78, 5) is 38.9. The van der Waals surface area contributed by atoms with Gasteiger partial charge in [-0.15, -0.1) is 0 Å². The fraction of sp³-hybridized carbons (Fsp3) is 0.400. The van der Waals surface area contributed by atoms with Gasteiger partial charge in [0.05, 0.1) is 5.69 Å². The van der Waals surface area contributed by atoms with E-state index >= 15 is 0 Å². The number of benzene rings is 2. The molecule has 7 nitrogen and oxygen atoms in total. The maximum absolute atomic E-state index is 12.8. The zero-order chi connectivity index (χ0) is 23.3. The molecule has 1 N–H and O–H groups in total. The molecule has 1 heterocycles. The van der Waals surface area contributed by atoms with Crippen molar-refractivity contribution in [2.75, 3.05) is 24.7 Å². The zero-order valence-electron chi connectivity index (χ0n) is 19.0. The highest BCUT2D eigenvalue weighted by molar-refractivity contribution is 6.04. The second kappa shape index (κ2) is 10.3. The van der Waals surface area contributed by atoms with Crippen LogP contribution in [0.25, 0.3) is 0 Å². The fourth-order valence-electron chi connectivity index (χ4n) is 3.31. The summed E-state index contributed by atoms with van der Waals surface area (Å²) in [6.07, 6.45) is 0.790. The van der Waals surface area contributed by atoms with E-state index in [0.717, 1.165) is 12.0 Å². The Labute approximate surface area is 188 Å². The number of fused-ring (bicyclic) bond motifs is 1. The van der Waals surface area contributed by atoms with Gasteiger partial charge in [-0.3, -0.25) is 19.3 Å². The maximum atomic E-state index is 12.8. The number of hydrogen-bond acceptors (Lipinski definition) is 5. The maximum Gasteiger partial charge on any atom is 0.265 e. The topological polar surface area (TPSA) is 84.9 Å². The van der Waals surface area contributed by atoms with Crippen molar-refractivity contribution in [2.24, 2.45) is 0 Å². The lowest BCUT2D eigenvalue weighted by Gasteiger charge is -2.29. The third kappa shape index (κ3) is 5.66. The van der Waals surface area contributed by atoms with Gasteiger partial charge in [0.2, 0.25) is 5.91 Å². The SMILES string of the molecule is CC[C@@H](C)NC(=O)CN1C(=O)COc2ccc(C(=O)COc3cccc(C(C)C)c3)cc21. The third-order valence-electron chi connectivity index (χ3n) is 5.44. The Bertz CT molecular complexity index is 1000. The number of amides is 2. The quantitative estimate of drug-likeness (QED) is 0.604. The normalized spacial score (nSPS) is 13.9. The molecule has 3 rings (SSSR count). The number of nitrogens with one attached hydrogen (secondary N) is 1. The number of carbonyl (C=O) groups excluding carboxylic acids is 3. The van der Waals surface area contributed by atoms with Gasteiger partial charge >= 0.3 is 0 Å². The highest BCUT2D eigenvalue weighted by atomic mass is 16.5. The number of hydrogen-bond donors (Lipinski definition) is 1. The molecule has 0 spiro atoms.